The van der Waals surface area contributed by atoms with Crippen LogP contribution in [0.4, 0.5) is 0 Å². The molecule has 1 fully saturated rings. The summed E-state index contributed by atoms with van der Waals surface area (Å²) in [5.41, 5.74) is 5.11. The molecule has 5 atom stereocenters. The van der Waals surface area contributed by atoms with E-state index >= 15 is 0 Å². The Labute approximate surface area is 231 Å². The van der Waals surface area contributed by atoms with Crippen molar-refractivity contribution in [2.45, 2.75) is 78.8 Å². The topological polar surface area (TPSA) is 61.8 Å². The number of hydrogen-bond donors (Lipinski definition) is 0. The van der Waals surface area contributed by atoms with Crippen LogP contribution in [0, 0.1) is 32.6 Å². The third-order valence-corrected chi connectivity index (χ3v) is 8.48. The Balaban J connectivity index is 1.75. The van der Waals surface area contributed by atoms with E-state index in [0.717, 1.165) is 33.6 Å². The summed E-state index contributed by atoms with van der Waals surface area (Å²) < 4.78 is 18.8. The molecule has 0 N–H and O–H groups in total. The predicted octanol–water partition coefficient (Wildman–Crippen LogP) is 7.12. The van der Waals surface area contributed by atoms with Crippen molar-refractivity contribution in [3.05, 3.63) is 80.8 Å². The van der Waals surface area contributed by atoms with Crippen molar-refractivity contribution >= 4 is 23.5 Å². The molecule has 2 aromatic rings. The zero-order chi connectivity index (χ0) is 27.6. The normalized spacial score (nSPS) is 30.0. The molecule has 0 unspecified atom stereocenters. The molecular formula is C32H40O5S. The first kappa shape index (κ1) is 28.6. The van der Waals surface area contributed by atoms with Crippen molar-refractivity contribution < 1.29 is 23.8 Å². The quantitative estimate of drug-likeness (QED) is 0.307. The summed E-state index contributed by atoms with van der Waals surface area (Å²) in [5.74, 6) is -1.55. The van der Waals surface area contributed by atoms with Gasteiger partial charge in [0.05, 0.1) is 6.61 Å². The van der Waals surface area contributed by atoms with Gasteiger partial charge in [-0.25, -0.2) is 0 Å². The second-order valence-electron chi connectivity index (χ2n) is 10.9. The Hall–Kier alpha value is -2.41. The van der Waals surface area contributed by atoms with Gasteiger partial charge in [0.1, 0.15) is 12.0 Å². The molecule has 0 aromatic heterocycles. The van der Waals surface area contributed by atoms with E-state index in [9.17, 15) is 9.59 Å². The van der Waals surface area contributed by atoms with Crippen LogP contribution in [0.25, 0.3) is 0 Å². The number of carbonyl (C=O) groups excluding carboxylic acids is 2. The first-order valence-corrected chi connectivity index (χ1v) is 14.7. The van der Waals surface area contributed by atoms with Crippen molar-refractivity contribution in [3.8, 4) is 0 Å². The zero-order valence-electron chi connectivity index (χ0n) is 23.6. The number of rotatable bonds is 3. The number of Topliss-reactive ketones (excluding diaryl/α,β-unsaturated/α-hetero) is 1. The minimum Gasteiger partial charge on any atom is -0.457 e. The largest absolute Gasteiger partial charge is 0.457 e. The number of ether oxygens (including phenoxy) is 3. The first-order chi connectivity index (χ1) is 18.1. The summed E-state index contributed by atoms with van der Waals surface area (Å²) in [5, 5.41) is 0. The molecule has 0 radical (unpaired) electrons. The van der Waals surface area contributed by atoms with Gasteiger partial charge < -0.3 is 14.2 Å². The molecule has 5 nitrogen and oxygen atoms in total. The number of hydrogen-bond acceptors (Lipinski definition) is 6. The van der Waals surface area contributed by atoms with Crippen LogP contribution in [0.1, 0.15) is 79.4 Å². The smallest absolute Gasteiger partial charge is 0.316 e. The van der Waals surface area contributed by atoms with E-state index in [1.165, 1.54) is 11.1 Å². The minimum absolute atomic E-state index is 0.0867. The molecule has 6 heteroatoms. The third kappa shape index (κ3) is 5.93. The van der Waals surface area contributed by atoms with Gasteiger partial charge in [-0.05, 0) is 79.9 Å². The van der Waals surface area contributed by atoms with Crippen LogP contribution < -0.4 is 0 Å². The number of aryl methyl sites for hydroxylation is 3. The van der Waals surface area contributed by atoms with E-state index in [2.05, 4.69) is 44.2 Å². The van der Waals surface area contributed by atoms with Gasteiger partial charge >= 0.3 is 5.97 Å². The zero-order valence-corrected chi connectivity index (χ0v) is 24.4. The summed E-state index contributed by atoms with van der Waals surface area (Å²) in [6, 6.07) is 12.4. The number of esters is 1. The molecule has 1 saturated heterocycles. The van der Waals surface area contributed by atoms with Gasteiger partial charge in [0, 0.05) is 12.0 Å². The summed E-state index contributed by atoms with van der Waals surface area (Å²) >= 11 is 1.62. The number of thioether (sulfide) groups is 1. The van der Waals surface area contributed by atoms with Crippen LogP contribution in [0.15, 0.2) is 47.4 Å². The molecule has 0 saturated carbocycles. The van der Waals surface area contributed by atoms with Gasteiger partial charge in [-0.2, -0.15) is 0 Å². The van der Waals surface area contributed by atoms with Gasteiger partial charge in [-0.1, -0.05) is 61.9 Å². The SMILES string of the molecule is CC[C@@H]1OC(=O)[C@H](C)C(=O)[C@]2(CO[C@@H](c3c(C)cc(C)cc3C)O2)C/C(SC)=C\[C@@H](C)Cc2cccc1c2. The number of fused-ring (bicyclic) bond motifs is 2. The standard InChI is InChI=1S/C32H40O5S/c1-8-27-25-11-9-10-24(16-25)14-20(3)15-26(38-7)17-32(29(33)23(6)30(34)36-27)18-35-31(37-32)28-21(4)12-19(2)13-22(28)5/h9-13,15-16,20,23,27,31H,8,14,17-18H2,1-7H3/b26-15+/t20-,23+,27-,31+,32+/m0/s1. The minimum atomic E-state index is -1.28. The van der Waals surface area contributed by atoms with Crippen molar-refractivity contribution in [3.63, 3.8) is 0 Å². The third-order valence-electron chi connectivity index (χ3n) is 7.67. The Morgan fingerprint density at radius 1 is 1.05 bits per heavy atom. The van der Waals surface area contributed by atoms with E-state index in [4.69, 9.17) is 14.2 Å². The Bertz CT molecular complexity index is 1210. The fraction of sp³-hybridized carbons (Fsp3) is 0.500. The number of allylic oxidation sites excluding steroid dienone is 1. The van der Waals surface area contributed by atoms with Gasteiger partial charge in [0.25, 0.3) is 0 Å². The van der Waals surface area contributed by atoms with Gasteiger partial charge in [-0.3, -0.25) is 9.59 Å². The fourth-order valence-corrected chi connectivity index (χ4v) is 6.52. The fourth-order valence-electron chi connectivity index (χ4n) is 5.78. The highest BCUT2D eigenvalue weighted by molar-refractivity contribution is 8.02. The molecule has 2 bridgehead atoms. The number of benzene rings is 2. The lowest BCUT2D eigenvalue weighted by Gasteiger charge is -2.30. The van der Waals surface area contributed by atoms with Gasteiger partial charge in [0.15, 0.2) is 17.7 Å². The lowest BCUT2D eigenvalue weighted by atomic mass is 9.86. The monoisotopic (exact) mass is 536 g/mol. The lowest BCUT2D eigenvalue weighted by Crippen LogP contribution is -2.47. The van der Waals surface area contributed by atoms with Crippen molar-refractivity contribution in [2.24, 2.45) is 11.8 Å². The van der Waals surface area contributed by atoms with E-state index in [1.807, 2.05) is 39.2 Å². The van der Waals surface area contributed by atoms with E-state index < -0.39 is 29.9 Å². The maximum Gasteiger partial charge on any atom is 0.316 e. The first-order valence-electron chi connectivity index (χ1n) is 13.5. The summed E-state index contributed by atoms with van der Waals surface area (Å²) in [6.07, 6.45) is 5.00. The van der Waals surface area contributed by atoms with Crippen LogP contribution >= 0.6 is 11.8 Å². The molecular weight excluding hydrogens is 496 g/mol. The average Bonchev–Trinajstić information content (AvgIpc) is 3.29. The van der Waals surface area contributed by atoms with Crippen LogP contribution in [-0.2, 0) is 30.2 Å². The van der Waals surface area contributed by atoms with Crippen LogP contribution in [0.2, 0.25) is 0 Å². The van der Waals surface area contributed by atoms with Gasteiger partial charge in [0.2, 0.25) is 0 Å². The van der Waals surface area contributed by atoms with Crippen LogP contribution in [0.3, 0.4) is 0 Å². The highest BCUT2D eigenvalue weighted by Crippen LogP contribution is 2.43. The second kappa shape index (κ2) is 11.8. The molecule has 1 spiro atoms. The summed E-state index contributed by atoms with van der Waals surface area (Å²) in [6.45, 7) is 12.0. The van der Waals surface area contributed by atoms with Crippen LogP contribution in [0.5, 0.6) is 0 Å². The van der Waals surface area contributed by atoms with Gasteiger partial charge in [-0.15, -0.1) is 11.8 Å². The molecule has 204 valence electrons. The summed E-state index contributed by atoms with van der Waals surface area (Å²) in [7, 11) is 0. The second-order valence-corrected chi connectivity index (χ2v) is 11.9. The lowest BCUT2D eigenvalue weighted by molar-refractivity contribution is -0.164. The molecule has 38 heavy (non-hydrogen) atoms. The highest BCUT2D eigenvalue weighted by Gasteiger charge is 2.52. The predicted molar refractivity (Wildman–Crippen MR) is 152 cm³/mol. The molecule has 2 aromatic carbocycles. The maximum atomic E-state index is 14.1. The molecule has 0 amide bonds. The van der Waals surface area contributed by atoms with E-state index in [1.54, 1.807) is 18.7 Å². The van der Waals surface area contributed by atoms with E-state index in [0.29, 0.717) is 12.8 Å². The average molecular weight is 537 g/mol. The summed E-state index contributed by atoms with van der Waals surface area (Å²) in [4.78, 5) is 28.5. The molecule has 0 aliphatic carbocycles. The van der Waals surface area contributed by atoms with Crippen LogP contribution in [-0.4, -0.2) is 30.2 Å². The Morgan fingerprint density at radius 3 is 2.42 bits per heavy atom. The van der Waals surface area contributed by atoms with Crippen molar-refractivity contribution in [2.75, 3.05) is 12.9 Å². The Kier molecular flexibility index (Phi) is 8.85. The number of cyclic esters (lactones) is 1. The van der Waals surface area contributed by atoms with E-state index in [-0.39, 0.29) is 18.3 Å². The molecule has 2 heterocycles. The molecule has 2 aliphatic rings. The maximum absolute atomic E-state index is 14.1. The molecule has 2 aliphatic heterocycles. The molecule has 4 rings (SSSR count). The van der Waals surface area contributed by atoms with Crippen molar-refractivity contribution in [1.82, 2.24) is 0 Å². The number of carbonyl (C=O) groups is 2. The highest BCUT2D eigenvalue weighted by atomic mass is 32.2. The van der Waals surface area contributed by atoms with Crippen molar-refractivity contribution in [1.29, 1.82) is 0 Å². The number of ketones is 1. The Morgan fingerprint density at radius 2 is 1.76 bits per heavy atom.